The van der Waals surface area contributed by atoms with Gasteiger partial charge in [0.05, 0.1) is 0 Å². The molecule has 0 aromatic heterocycles. The van der Waals surface area contributed by atoms with Gasteiger partial charge >= 0.3 is 6.09 Å². The summed E-state index contributed by atoms with van der Waals surface area (Å²) in [7, 11) is 0. The third-order valence-corrected chi connectivity index (χ3v) is 3.23. The summed E-state index contributed by atoms with van der Waals surface area (Å²) in [6, 6.07) is -0.748. The lowest BCUT2D eigenvalue weighted by molar-refractivity contribution is -0.535. The van der Waals surface area contributed by atoms with E-state index in [0.29, 0.717) is 6.42 Å². The highest BCUT2D eigenvalue weighted by molar-refractivity contribution is 5.68. The third kappa shape index (κ3) is 4.16. The van der Waals surface area contributed by atoms with Gasteiger partial charge in [0.2, 0.25) is 6.04 Å². The van der Waals surface area contributed by atoms with E-state index in [1.165, 1.54) is 0 Å². The summed E-state index contributed by atoms with van der Waals surface area (Å²) in [4.78, 5) is 22.3. The van der Waals surface area contributed by atoms with Crippen LogP contribution in [-0.2, 0) is 4.74 Å². The maximum atomic E-state index is 11.6. The van der Waals surface area contributed by atoms with Gasteiger partial charge in [0.25, 0.3) is 0 Å². The van der Waals surface area contributed by atoms with Gasteiger partial charge in [-0.15, -0.1) is 0 Å². The van der Waals surface area contributed by atoms with Crippen molar-refractivity contribution in [2.75, 3.05) is 0 Å². The Morgan fingerprint density at radius 1 is 1.39 bits per heavy atom. The number of nitrogens with zero attached hydrogens (tertiary/aromatic N) is 1. The standard InChI is InChI=1S/C12H22N2O4/c1-8-9(6-5-7-10(8)14(16)17)13-11(15)18-12(2,3)4/h8-10H,5-7H2,1-4H3,(H,13,15). The summed E-state index contributed by atoms with van der Waals surface area (Å²) in [6.07, 6.45) is 1.62. The zero-order valence-electron chi connectivity index (χ0n) is 11.4. The van der Waals surface area contributed by atoms with Crippen molar-refractivity contribution < 1.29 is 14.5 Å². The van der Waals surface area contributed by atoms with Crippen molar-refractivity contribution >= 4 is 6.09 Å². The molecule has 18 heavy (non-hydrogen) atoms. The number of alkyl carbamates (subject to hydrolysis) is 1. The summed E-state index contributed by atoms with van der Waals surface area (Å²) in [5.41, 5.74) is -0.551. The lowest BCUT2D eigenvalue weighted by Gasteiger charge is -2.32. The molecule has 0 bridgehead atoms. The molecule has 1 rings (SSSR count). The van der Waals surface area contributed by atoms with E-state index in [-0.39, 0.29) is 16.9 Å². The molecule has 1 aliphatic carbocycles. The van der Waals surface area contributed by atoms with Crippen molar-refractivity contribution in [3.63, 3.8) is 0 Å². The third-order valence-electron chi connectivity index (χ3n) is 3.23. The Morgan fingerprint density at radius 2 is 2.00 bits per heavy atom. The molecule has 3 unspecified atom stereocenters. The van der Waals surface area contributed by atoms with E-state index in [1.807, 2.05) is 6.92 Å². The van der Waals surface area contributed by atoms with Crippen LogP contribution in [0, 0.1) is 16.0 Å². The van der Waals surface area contributed by atoms with E-state index in [1.54, 1.807) is 20.8 Å². The Morgan fingerprint density at radius 3 is 2.50 bits per heavy atom. The first-order valence-electron chi connectivity index (χ1n) is 6.33. The number of hydrogen-bond donors (Lipinski definition) is 1. The van der Waals surface area contributed by atoms with Gasteiger partial charge in [-0.25, -0.2) is 4.79 Å². The normalized spacial score (nSPS) is 28.6. The molecule has 6 heteroatoms. The lowest BCUT2D eigenvalue weighted by atomic mass is 9.82. The van der Waals surface area contributed by atoms with Crippen LogP contribution < -0.4 is 5.32 Å². The molecule has 104 valence electrons. The number of nitro groups is 1. The van der Waals surface area contributed by atoms with Crippen molar-refractivity contribution in [2.24, 2.45) is 5.92 Å². The Bertz CT molecular complexity index is 325. The average Bonchev–Trinajstić information content (AvgIpc) is 2.17. The zero-order valence-corrected chi connectivity index (χ0v) is 11.4. The molecule has 0 radical (unpaired) electrons. The second-order valence-corrected chi connectivity index (χ2v) is 5.90. The van der Waals surface area contributed by atoms with Crippen LogP contribution in [0.5, 0.6) is 0 Å². The molecule has 3 atom stereocenters. The first kappa shape index (κ1) is 14.7. The molecule has 1 fully saturated rings. The van der Waals surface area contributed by atoms with Crippen molar-refractivity contribution in [2.45, 2.75) is 64.6 Å². The van der Waals surface area contributed by atoms with E-state index in [0.717, 1.165) is 12.8 Å². The summed E-state index contributed by atoms with van der Waals surface area (Å²) in [5, 5.41) is 13.6. The van der Waals surface area contributed by atoms with Crippen LogP contribution in [0.25, 0.3) is 0 Å². The van der Waals surface area contributed by atoms with E-state index < -0.39 is 17.7 Å². The number of carbonyl (C=O) groups is 1. The Hall–Kier alpha value is -1.33. The minimum absolute atomic E-state index is 0.165. The minimum Gasteiger partial charge on any atom is -0.444 e. The van der Waals surface area contributed by atoms with Gasteiger partial charge in [-0.3, -0.25) is 10.1 Å². The molecule has 1 N–H and O–H groups in total. The molecular formula is C12H22N2O4. The Labute approximate surface area is 107 Å². The highest BCUT2D eigenvalue weighted by atomic mass is 16.6. The van der Waals surface area contributed by atoms with Crippen LogP contribution in [0.3, 0.4) is 0 Å². The smallest absolute Gasteiger partial charge is 0.407 e. The fourth-order valence-electron chi connectivity index (χ4n) is 2.30. The fraction of sp³-hybridized carbons (Fsp3) is 0.917. The van der Waals surface area contributed by atoms with Crippen LogP contribution in [-0.4, -0.2) is 28.7 Å². The molecular weight excluding hydrogens is 236 g/mol. The largest absolute Gasteiger partial charge is 0.444 e. The first-order chi connectivity index (χ1) is 8.20. The van der Waals surface area contributed by atoms with Gasteiger partial charge in [0.15, 0.2) is 0 Å². The van der Waals surface area contributed by atoms with Crippen LogP contribution in [0.4, 0.5) is 4.79 Å². The highest BCUT2D eigenvalue weighted by Crippen LogP contribution is 2.26. The van der Waals surface area contributed by atoms with Crippen molar-refractivity contribution in [1.82, 2.24) is 5.32 Å². The van der Waals surface area contributed by atoms with Gasteiger partial charge in [0.1, 0.15) is 5.60 Å². The topological polar surface area (TPSA) is 81.5 Å². The molecule has 0 aliphatic heterocycles. The summed E-state index contributed by atoms with van der Waals surface area (Å²) < 4.78 is 5.16. The second kappa shape index (κ2) is 5.54. The van der Waals surface area contributed by atoms with Crippen LogP contribution in [0.15, 0.2) is 0 Å². The van der Waals surface area contributed by atoms with Crippen LogP contribution in [0.1, 0.15) is 47.0 Å². The molecule has 1 aliphatic rings. The Balaban J connectivity index is 2.56. The predicted octanol–water partition coefficient (Wildman–Crippen LogP) is 2.35. The zero-order chi connectivity index (χ0) is 13.9. The lowest BCUT2D eigenvalue weighted by Crippen LogP contribution is -2.49. The van der Waals surface area contributed by atoms with E-state index in [9.17, 15) is 14.9 Å². The van der Waals surface area contributed by atoms with Gasteiger partial charge in [0, 0.05) is 23.3 Å². The monoisotopic (exact) mass is 258 g/mol. The molecule has 1 saturated carbocycles. The summed E-state index contributed by atoms with van der Waals surface area (Å²) >= 11 is 0. The Kier molecular flexibility index (Phi) is 4.53. The van der Waals surface area contributed by atoms with E-state index in [4.69, 9.17) is 4.74 Å². The number of rotatable bonds is 2. The number of amides is 1. The minimum atomic E-state index is -0.571. The second-order valence-electron chi connectivity index (χ2n) is 5.90. The molecule has 6 nitrogen and oxygen atoms in total. The SMILES string of the molecule is CC1C(NC(=O)OC(C)(C)C)CCCC1[N+](=O)[O-]. The maximum absolute atomic E-state index is 11.6. The van der Waals surface area contributed by atoms with Gasteiger partial charge in [-0.05, 0) is 33.6 Å². The predicted molar refractivity (Wildman–Crippen MR) is 67.0 cm³/mol. The van der Waals surface area contributed by atoms with Gasteiger partial charge < -0.3 is 10.1 Å². The number of hydrogen-bond acceptors (Lipinski definition) is 4. The van der Waals surface area contributed by atoms with Crippen molar-refractivity contribution in [3.8, 4) is 0 Å². The highest BCUT2D eigenvalue weighted by Gasteiger charge is 2.38. The fourth-order valence-corrected chi connectivity index (χ4v) is 2.30. The van der Waals surface area contributed by atoms with Crippen LogP contribution in [0.2, 0.25) is 0 Å². The van der Waals surface area contributed by atoms with Crippen LogP contribution >= 0.6 is 0 Å². The number of ether oxygens (including phenoxy) is 1. The van der Waals surface area contributed by atoms with E-state index in [2.05, 4.69) is 5.32 Å². The molecule has 1 amide bonds. The molecule has 0 saturated heterocycles. The molecule has 0 heterocycles. The molecule has 0 aromatic rings. The number of carbonyl (C=O) groups excluding carboxylic acids is 1. The molecule has 0 aromatic carbocycles. The van der Waals surface area contributed by atoms with Crippen molar-refractivity contribution in [3.05, 3.63) is 10.1 Å². The summed E-state index contributed by atoms with van der Waals surface area (Å²) in [5.74, 6) is -0.165. The van der Waals surface area contributed by atoms with E-state index >= 15 is 0 Å². The average molecular weight is 258 g/mol. The molecule has 0 spiro atoms. The van der Waals surface area contributed by atoms with Crippen molar-refractivity contribution in [1.29, 1.82) is 0 Å². The van der Waals surface area contributed by atoms with Gasteiger partial charge in [-0.1, -0.05) is 6.92 Å². The number of nitrogens with one attached hydrogen (secondary N) is 1. The summed E-state index contributed by atoms with van der Waals surface area (Å²) in [6.45, 7) is 7.18. The quantitative estimate of drug-likeness (QED) is 0.609. The van der Waals surface area contributed by atoms with Gasteiger partial charge in [-0.2, -0.15) is 0 Å². The maximum Gasteiger partial charge on any atom is 0.407 e. The first-order valence-corrected chi connectivity index (χ1v) is 6.33.